The zero-order chi connectivity index (χ0) is 20.6. The molecule has 1 N–H and O–H groups in total. The molecule has 0 saturated heterocycles. The minimum absolute atomic E-state index is 0.00481. The van der Waals surface area contributed by atoms with Crippen molar-refractivity contribution in [2.24, 2.45) is 5.41 Å². The van der Waals surface area contributed by atoms with Gasteiger partial charge in [-0.3, -0.25) is 9.48 Å². The summed E-state index contributed by atoms with van der Waals surface area (Å²) in [5.74, 6) is -0.300. The Kier molecular flexibility index (Phi) is 4.98. The Bertz CT molecular complexity index is 1040. The van der Waals surface area contributed by atoms with E-state index in [1.807, 2.05) is 25.3 Å². The fourth-order valence-electron chi connectivity index (χ4n) is 4.07. The minimum atomic E-state index is -0.291. The highest BCUT2D eigenvalue weighted by atomic mass is 19.1. The Balaban J connectivity index is 1.54. The van der Waals surface area contributed by atoms with Crippen LogP contribution in [0.5, 0.6) is 0 Å². The Labute approximate surface area is 169 Å². The molecule has 3 aromatic rings. The summed E-state index contributed by atoms with van der Waals surface area (Å²) in [6.07, 6.45) is 5.70. The van der Waals surface area contributed by atoms with Crippen LogP contribution < -0.4 is 5.32 Å². The number of carbonyl (C=O) groups is 1. The van der Waals surface area contributed by atoms with Gasteiger partial charge in [0.2, 0.25) is 5.91 Å². The third-order valence-corrected chi connectivity index (χ3v) is 5.41. The molecular weight excluding hydrogens is 369 g/mol. The van der Waals surface area contributed by atoms with Gasteiger partial charge in [-0.25, -0.2) is 9.07 Å². The topological polar surface area (TPSA) is 64.7 Å². The minimum Gasteiger partial charge on any atom is -0.349 e. The molecule has 1 aliphatic rings. The standard InChI is InChI=1S/C22H26FN5O/c1-15-7-9-27(26-15)10-8-21(29)25-19-12-22(2,3)13-20-18(19)14-24-28(20)17-6-4-5-16(23)11-17/h4-7,9,11,14,19H,8,10,12-13H2,1-3H3,(H,25,29)/t19-/m1/s1. The lowest BCUT2D eigenvalue weighted by Gasteiger charge is -2.36. The molecule has 0 unspecified atom stereocenters. The van der Waals surface area contributed by atoms with E-state index in [1.54, 1.807) is 21.6 Å². The maximum atomic E-state index is 13.7. The summed E-state index contributed by atoms with van der Waals surface area (Å²) >= 11 is 0. The molecule has 0 aliphatic heterocycles. The summed E-state index contributed by atoms with van der Waals surface area (Å²) in [4.78, 5) is 12.6. The molecule has 0 saturated carbocycles. The number of aryl methyl sites for hydroxylation is 2. The van der Waals surface area contributed by atoms with Crippen molar-refractivity contribution in [2.75, 3.05) is 0 Å². The van der Waals surface area contributed by atoms with Crippen LogP contribution in [0.25, 0.3) is 5.69 Å². The van der Waals surface area contributed by atoms with Gasteiger partial charge in [0, 0.05) is 24.7 Å². The third kappa shape index (κ3) is 4.23. The first-order valence-electron chi connectivity index (χ1n) is 9.93. The van der Waals surface area contributed by atoms with Crippen LogP contribution in [-0.4, -0.2) is 25.5 Å². The van der Waals surface area contributed by atoms with Gasteiger partial charge < -0.3 is 5.32 Å². The summed E-state index contributed by atoms with van der Waals surface area (Å²) in [6.45, 7) is 6.85. The molecule has 2 heterocycles. The molecule has 0 spiro atoms. The van der Waals surface area contributed by atoms with Crippen molar-refractivity contribution < 1.29 is 9.18 Å². The molecule has 4 rings (SSSR count). The van der Waals surface area contributed by atoms with Crippen molar-refractivity contribution in [1.82, 2.24) is 24.9 Å². The van der Waals surface area contributed by atoms with Gasteiger partial charge in [0.15, 0.2) is 0 Å². The van der Waals surface area contributed by atoms with E-state index in [0.29, 0.717) is 18.7 Å². The number of halogens is 1. The lowest BCUT2D eigenvalue weighted by Crippen LogP contribution is -2.37. The number of aromatic nitrogens is 4. The first-order valence-corrected chi connectivity index (χ1v) is 9.93. The largest absolute Gasteiger partial charge is 0.349 e. The molecule has 1 amide bonds. The SMILES string of the molecule is Cc1ccn(CCC(=O)N[C@@H]2CC(C)(C)Cc3c2cnn3-c2cccc(F)c2)n1. The second-order valence-electron chi connectivity index (χ2n) is 8.57. The van der Waals surface area contributed by atoms with Crippen molar-refractivity contribution in [3.63, 3.8) is 0 Å². The number of fused-ring (bicyclic) bond motifs is 1. The van der Waals surface area contributed by atoms with E-state index in [4.69, 9.17) is 0 Å². The van der Waals surface area contributed by atoms with Gasteiger partial charge >= 0.3 is 0 Å². The van der Waals surface area contributed by atoms with E-state index in [2.05, 4.69) is 29.4 Å². The van der Waals surface area contributed by atoms with Crippen molar-refractivity contribution in [3.05, 3.63) is 65.5 Å². The second kappa shape index (κ2) is 7.46. The Morgan fingerprint density at radius 1 is 1.34 bits per heavy atom. The Morgan fingerprint density at radius 3 is 2.90 bits per heavy atom. The smallest absolute Gasteiger partial charge is 0.222 e. The predicted octanol–water partition coefficient (Wildman–Crippen LogP) is 3.74. The van der Waals surface area contributed by atoms with Crippen LogP contribution in [-0.2, 0) is 17.8 Å². The molecule has 1 aliphatic carbocycles. The van der Waals surface area contributed by atoms with Crippen LogP contribution in [0.1, 0.15) is 49.7 Å². The summed E-state index contributed by atoms with van der Waals surface area (Å²) in [5.41, 5.74) is 3.67. The van der Waals surface area contributed by atoms with Gasteiger partial charge in [0.1, 0.15) is 5.82 Å². The number of carbonyl (C=O) groups excluding carboxylic acids is 1. The highest BCUT2D eigenvalue weighted by Crippen LogP contribution is 2.41. The number of rotatable bonds is 5. The first kappa shape index (κ1) is 19.4. The molecule has 0 bridgehead atoms. The molecule has 29 heavy (non-hydrogen) atoms. The van der Waals surface area contributed by atoms with Crippen LogP contribution >= 0.6 is 0 Å². The van der Waals surface area contributed by atoms with Gasteiger partial charge in [-0.05, 0) is 49.4 Å². The number of nitrogens with zero attached hydrogens (tertiary/aromatic N) is 4. The van der Waals surface area contributed by atoms with Crippen LogP contribution in [0.15, 0.2) is 42.7 Å². The van der Waals surface area contributed by atoms with Gasteiger partial charge in [-0.15, -0.1) is 0 Å². The zero-order valence-corrected chi connectivity index (χ0v) is 17.0. The van der Waals surface area contributed by atoms with Crippen molar-refractivity contribution in [1.29, 1.82) is 0 Å². The quantitative estimate of drug-likeness (QED) is 0.716. The zero-order valence-electron chi connectivity index (χ0n) is 17.0. The molecule has 6 nitrogen and oxygen atoms in total. The summed E-state index contributed by atoms with van der Waals surface area (Å²) < 4.78 is 17.3. The number of amides is 1. The van der Waals surface area contributed by atoms with Crippen LogP contribution in [0.2, 0.25) is 0 Å². The molecule has 1 atom stereocenters. The van der Waals surface area contributed by atoms with E-state index in [1.165, 1.54) is 12.1 Å². The first-order chi connectivity index (χ1) is 13.8. The molecule has 7 heteroatoms. The van der Waals surface area contributed by atoms with Crippen molar-refractivity contribution in [2.45, 2.75) is 52.6 Å². The van der Waals surface area contributed by atoms with E-state index in [9.17, 15) is 9.18 Å². The van der Waals surface area contributed by atoms with E-state index in [0.717, 1.165) is 29.8 Å². The van der Waals surface area contributed by atoms with Gasteiger partial charge in [-0.2, -0.15) is 10.2 Å². The normalized spacial score (nSPS) is 17.7. The maximum Gasteiger partial charge on any atom is 0.222 e. The van der Waals surface area contributed by atoms with Gasteiger partial charge in [0.05, 0.1) is 29.3 Å². The highest BCUT2D eigenvalue weighted by Gasteiger charge is 2.36. The fraction of sp³-hybridized carbons (Fsp3) is 0.409. The van der Waals surface area contributed by atoms with Crippen molar-refractivity contribution >= 4 is 5.91 Å². The summed E-state index contributed by atoms with van der Waals surface area (Å²) in [7, 11) is 0. The number of nitrogens with one attached hydrogen (secondary N) is 1. The number of hydrogen-bond acceptors (Lipinski definition) is 3. The highest BCUT2D eigenvalue weighted by molar-refractivity contribution is 5.76. The van der Waals surface area contributed by atoms with E-state index in [-0.39, 0.29) is 23.2 Å². The predicted molar refractivity (Wildman–Crippen MR) is 108 cm³/mol. The molecular formula is C22H26FN5O. The molecule has 0 radical (unpaired) electrons. The lowest BCUT2D eigenvalue weighted by atomic mass is 9.74. The molecule has 2 aromatic heterocycles. The molecule has 1 aromatic carbocycles. The number of hydrogen-bond donors (Lipinski definition) is 1. The number of benzene rings is 1. The summed E-state index contributed by atoms with van der Waals surface area (Å²) in [6, 6.07) is 8.25. The van der Waals surface area contributed by atoms with E-state index < -0.39 is 0 Å². The van der Waals surface area contributed by atoms with Crippen LogP contribution in [0, 0.1) is 18.2 Å². The average molecular weight is 395 g/mol. The Hall–Kier alpha value is -2.96. The average Bonchev–Trinajstić information content (AvgIpc) is 3.25. The lowest BCUT2D eigenvalue weighted by molar-refractivity contribution is -0.122. The molecule has 152 valence electrons. The summed E-state index contributed by atoms with van der Waals surface area (Å²) in [5, 5.41) is 12.0. The van der Waals surface area contributed by atoms with Crippen LogP contribution in [0.4, 0.5) is 4.39 Å². The fourth-order valence-corrected chi connectivity index (χ4v) is 4.07. The van der Waals surface area contributed by atoms with E-state index >= 15 is 0 Å². The van der Waals surface area contributed by atoms with Gasteiger partial charge in [0.25, 0.3) is 0 Å². The maximum absolute atomic E-state index is 13.7. The second-order valence-corrected chi connectivity index (χ2v) is 8.57. The van der Waals surface area contributed by atoms with Crippen LogP contribution in [0.3, 0.4) is 0 Å². The monoisotopic (exact) mass is 395 g/mol. The Morgan fingerprint density at radius 2 is 2.17 bits per heavy atom. The third-order valence-electron chi connectivity index (χ3n) is 5.41. The van der Waals surface area contributed by atoms with Crippen molar-refractivity contribution in [3.8, 4) is 5.69 Å². The molecule has 0 fully saturated rings. The van der Waals surface area contributed by atoms with Gasteiger partial charge in [-0.1, -0.05) is 19.9 Å².